The van der Waals surface area contributed by atoms with Crippen LogP contribution in [-0.2, 0) is 6.61 Å². The van der Waals surface area contributed by atoms with E-state index in [1.165, 1.54) is 11.3 Å². The Kier molecular flexibility index (Phi) is 4.97. The minimum absolute atomic E-state index is 0.247. The van der Waals surface area contributed by atoms with Gasteiger partial charge in [-0.25, -0.2) is 0 Å². The molecule has 3 aromatic heterocycles. The van der Waals surface area contributed by atoms with Gasteiger partial charge in [0.25, 0.3) is 0 Å². The van der Waals surface area contributed by atoms with E-state index in [2.05, 4.69) is 25.5 Å². The first-order valence-corrected chi connectivity index (χ1v) is 10.2. The van der Waals surface area contributed by atoms with Crippen molar-refractivity contribution in [3.8, 4) is 39.2 Å². The molecule has 3 heterocycles. The number of hydrogen-bond acceptors (Lipinski definition) is 8. The fourth-order valence-electron chi connectivity index (χ4n) is 3.02. The molecule has 0 atom stereocenters. The van der Waals surface area contributed by atoms with Gasteiger partial charge in [-0.15, -0.1) is 10.2 Å². The Hall–Kier alpha value is -3.92. The quantitative estimate of drug-likeness (QED) is 0.415. The van der Waals surface area contributed by atoms with Gasteiger partial charge < -0.3 is 14.2 Å². The van der Waals surface area contributed by atoms with E-state index in [4.69, 9.17) is 14.2 Å². The number of benzene rings is 2. The first kappa shape index (κ1) is 19.1. The first-order valence-electron chi connectivity index (χ1n) is 9.41. The van der Waals surface area contributed by atoms with Crippen LogP contribution in [0, 0.1) is 0 Å². The van der Waals surface area contributed by atoms with Crippen LogP contribution in [0.15, 0.2) is 54.6 Å². The number of aromatic nitrogens is 6. The second-order valence-electron chi connectivity index (χ2n) is 6.58. The van der Waals surface area contributed by atoms with Crippen molar-refractivity contribution in [1.82, 2.24) is 30.0 Å². The third-order valence-electron chi connectivity index (χ3n) is 4.68. The van der Waals surface area contributed by atoms with E-state index in [9.17, 15) is 0 Å². The van der Waals surface area contributed by atoms with Crippen LogP contribution in [-0.4, -0.2) is 44.2 Å². The zero-order valence-electron chi connectivity index (χ0n) is 16.8. The molecule has 0 saturated heterocycles. The lowest BCUT2D eigenvalue weighted by molar-refractivity contribution is 0.292. The average molecular weight is 434 g/mol. The van der Waals surface area contributed by atoms with Crippen LogP contribution in [0.25, 0.3) is 26.9 Å². The topological polar surface area (TPSA) is 99.5 Å². The molecule has 31 heavy (non-hydrogen) atoms. The Morgan fingerprint density at radius 2 is 1.58 bits per heavy atom. The van der Waals surface area contributed by atoms with Crippen LogP contribution < -0.4 is 14.2 Å². The molecule has 0 aliphatic rings. The molecule has 0 spiro atoms. The van der Waals surface area contributed by atoms with Crippen molar-refractivity contribution in [3.05, 3.63) is 60.4 Å². The minimum Gasteiger partial charge on any atom is -0.497 e. The number of rotatable bonds is 7. The first-order chi connectivity index (χ1) is 15.2. The highest BCUT2D eigenvalue weighted by Crippen LogP contribution is 2.28. The number of ether oxygens (including phenoxy) is 3. The lowest BCUT2D eigenvalue weighted by atomic mass is 10.1. The van der Waals surface area contributed by atoms with Gasteiger partial charge in [0.1, 0.15) is 23.9 Å². The number of methoxy groups -OCH3 is 2. The molecular weight excluding hydrogens is 416 g/mol. The Labute approximate surface area is 181 Å². The maximum absolute atomic E-state index is 5.81. The molecular formula is C21H18N6O3S. The molecule has 9 nitrogen and oxygen atoms in total. The van der Waals surface area contributed by atoms with Crippen LogP contribution in [0.1, 0.15) is 5.82 Å². The van der Waals surface area contributed by atoms with Crippen LogP contribution in [0.2, 0.25) is 0 Å². The van der Waals surface area contributed by atoms with Crippen molar-refractivity contribution >= 4 is 16.3 Å². The summed E-state index contributed by atoms with van der Waals surface area (Å²) in [6, 6.07) is 17.1. The molecule has 156 valence electrons. The molecule has 0 unspecified atom stereocenters. The van der Waals surface area contributed by atoms with Gasteiger partial charge in [-0.05, 0) is 54.6 Å². The van der Waals surface area contributed by atoms with E-state index < -0.39 is 0 Å². The van der Waals surface area contributed by atoms with Gasteiger partial charge >= 0.3 is 0 Å². The monoisotopic (exact) mass is 434 g/mol. The molecule has 0 fully saturated rings. The number of hydrogen-bond donors (Lipinski definition) is 1. The maximum atomic E-state index is 5.81. The Bertz CT molecular complexity index is 1310. The van der Waals surface area contributed by atoms with E-state index in [1.54, 1.807) is 18.7 Å². The van der Waals surface area contributed by atoms with Crippen molar-refractivity contribution in [2.24, 2.45) is 0 Å². The van der Waals surface area contributed by atoms with Gasteiger partial charge in [-0.1, -0.05) is 11.3 Å². The molecule has 1 N–H and O–H groups in total. The van der Waals surface area contributed by atoms with Gasteiger partial charge in [0, 0.05) is 5.56 Å². The number of nitrogens with one attached hydrogen (secondary N) is 1. The summed E-state index contributed by atoms with van der Waals surface area (Å²) in [5, 5.41) is 21.2. The highest BCUT2D eigenvalue weighted by Gasteiger charge is 2.16. The van der Waals surface area contributed by atoms with Gasteiger partial charge in [0.15, 0.2) is 10.8 Å². The van der Waals surface area contributed by atoms with E-state index in [0.29, 0.717) is 16.5 Å². The van der Waals surface area contributed by atoms with E-state index in [0.717, 1.165) is 33.5 Å². The van der Waals surface area contributed by atoms with Crippen LogP contribution in [0.3, 0.4) is 0 Å². The van der Waals surface area contributed by atoms with Crippen LogP contribution >= 0.6 is 11.3 Å². The van der Waals surface area contributed by atoms with Gasteiger partial charge in [0.05, 0.1) is 25.6 Å². The predicted molar refractivity (Wildman–Crippen MR) is 116 cm³/mol. The Morgan fingerprint density at radius 1 is 0.903 bits per heavy atom. The zero-order chi connectivity index (χ0) is 21.2. The smallest absolute Gasteiger partial charge is 0.235 e. The molecule has 0 aliphatic heterocycles. The lowest BCUT2D eigenvalue weighted by Gasteiger charge is -2.05. The molecule has 2 aromatic carbocycles. The second-order valence-corrected chi connectivity index (χ2v) is 7.53. The van der Waals surface area contributed by atoms with Crippen molar-refractivity contribution in [3.63, 3.8) is 0 Å². The summed E-state index contributed by atoms with van der Waals surface area (Å²) in [4.78, 5) is 0.684. The number of aromatic amines is 1. The average Bonchev–Trinajstić information content (AvgIpc) is 3.54. The highest BCUT2D eigenvalue weighted by atomic mass is 32.1. The molecule has 10 heteroatoms. The Balaban J connectivity index is 1.34. The van der Waals surface area contributed by atoms with E-state index in [1.807, 2.05) is 54.6 Å². The van der Waals surface area contributed by atoms with Crippen molar-refractivity contribution in [2.75, 3.05) is 14.2 Å². The third-order valence-corrected chi connectivity index (χ3v) is 5.61. The van der Waals surface area contributed by atoms with E-state index >= 15 is 0 Å². The molecule has 0 amide bonds. The SMILES string of the molecule is COc1ccc(OCc2nnc3sc(-c4cc(-c5ccc(OC)cc5)n[nH]4)nn23)cc1. The number of fused-ring (bicyclic) bond motifs is 1. The van der Waals surface area contributed by atoms with Gasteiger partial charge in [-0.3, -0.25) is 5.10 Å². The van der Waals surface area contributed by atoms with Gasteiger partial charge in [0.2, 0.25) is 4.96 Å². The molecule has 0 saturated carbocycles. The van der Waals surface area contributed by atoms with Crippen molar-refractivity contribution < 1.29 is 14.2 Å². The minimum atomic E-state index is 0.247. The van der Waals surface area contributed by atoms with Gasteiger partial charge in [-0.2, -0.15) is 14.7 Å². The Morgan fingerprint density at radius 3 is 2.29 bits per heavy atom. The predicted octanol–water partition coefficient (Wildman–Crippen LogP) is 3.84. The largest absolute Gasteiger partial charge is 0.497 e. The number of nitrogens with zero attached hydrogens (tertiary/aromatic N) is 5. The standard InChI is InChI=1S/C21H18N6O3S/c1-28-14-5-3-13(4-6-14)17-11-18(23-22-17)20-26-27-19(24-25-21(27)31-20)12-30-16-9-7-15(29-2)8-10-16/h3-11H,12H2,1-2H3,(H,22,23). The molecule has 0 aliphatic carbocycles. The summed E-state index contributed by atoms with van der Waals surface area (Å²) >= 11 is 1.43. The van der Waals surface area contributed by atoms with Crippen molar-refractivity contribution in [2.45, 2.75) is 6.61 Å². The molecule has 0 radical (unpaired) electrons. The maximum Gasteiger partial charge on any atom is 0.235 e. The summed E-state index contributed by atoms with van der Waals surface area (Å²) < 4.78 is 17.9. The summed E-state index contributed by atoms with van der Waals surface area (Å²) in [6.45, 7) is 0.247. The summed E-state index contributed by atoms with van der Waals surface area (Å²) in [7, 11) is 3.27. The van der Waals surface area contributed by atoms with E-state index in [-0.39, 0.29) is 6.61 Å². The fraction of sp³-hybridized carbons (Fsp3) is 0.143. The zero-order valence-corrected chi connectivity index (χ0v) is 17.6. The summed E-state index contributed by atoms with van der Waals surface area (Å²) in [5.74, 6) is 2.90. The molecule has 5 rings (SSSR count). The van der Waals surface area contributed by atoms with Crippen LogP contribution in [0.5, 0.6) is 17.2 Å². The molecule has 0 bridgehead atoms. The number of H-pyrrole nitrogens is 1. The van der Waals surface area contributed by atoms with Crippen LogP contribution in [0.4, 0.5) is 0 Å². The molecule has 5 aromatic rings. The normalized spacial score (nSPS) is 11.0. The highest BCUT2D eigenvalue weighted by molar-refractivity contribution is 7.19. The summed E-state index contributed by atoms with van der Waals surface area (Å²) in [5.41, 5.74) is 2.62. The fourth-order valence-corrected chi connectivity index (χ4v) is 3.84. The lowest BCUT2D eigenvalue weighted by Crippen LogP contribution is -2.02. The second kappa shape index (κ2) is 8.07. The van der Waals surface area contributed by atoms with Crippen molar-refractivity contribution in [1.29, 1.82) is 0 Å². The third kappa shape index (κ3) is 3.80. The summed E-state index contributed by atoms with van der Waals surface area (Å²) in [6.07, 6.45) is 0.